The highest BCUT2D eigenvalue weighted by Crippen LogP contribution is 2.26. The second-order valence-electron chi connectivity index (χ2n) is 6.94. The van der Waals surface area contributed by atoms with Crippen LogP contribution in [0.4, 0.5) is 0 Å². The van der Waals surface area contributed by atoms with Crippen molar-refractivity contribution in [2.45, 2.75) is 26.8 Å². The van der Waals surface area contributed by atoms with Crippen molar-refractivity contribution in [3.63, 3.8) is 0 Å². The minimum atomic E-state index is -0.266. The number of carbonyl (C=O) groups excluding carboxylic acids is 1. The zero-order chi connectivity index (χ0) is 19.9. The average Bonchev–Trinajstić information content (AvgIpc) is 3.15. The van der Waals surface area contributed by atoms with Crippen LogP contribution >= 0.6 is 11.6 Å². The summed E-state index contributed by atoms with van der Waals surface area (Å²) in [6.07, 6.45) is 3.90. The van der Waals surface area contributed by atoms with Crippen molar-refractivity contribution in [2.75, 3.05) is 6.61 Å². The molecule has 0 atom stereocenters. The van der Waals surface area contributed by atoms with Gasteiger partial charge in [-0.3, -0.25) is 9.78 Å². The van der Waals surface area contributed by atoms with Gasteiger partial charge in [-0.05, 0) is 47.9 Å². The van der Waals surface area contributed by atoms with Crippen molar-refractivity contribution in [1.29, 1.82) is 0 Å². The second kappa shape index (κ2) is 9.42. The molecule has 2 heterocycles. The van der Waals surface area contributed by atoms with E-state index in [1.165, 1.54) is 0 Å². The number of halogens is 1. The highest BCUT2D eigenvalue weighted by molar-refractivity contribution is 6.30. The summed E-state index contributed by atoms with van der Waals surface area (Å²) < 4.78 is 11.6. The monoisotopic (exact) mass is 398 g/mol. The van der Waals surface area contributed by atoms with E-state index in [0.717, 1.165) is 16.9 Å². The van der Waals surface area contributed by atoms with Gasteiger partial charge in [0.2, 0.25) is 0 Å². The fourth-order valence-electron chi connectivity index (χ4n) is 2.64. The standard InChI is InChI=1S/C22H23ClN2O3/c1-15(2)14-27-20-7-5-18(23)10-17(20)11-19-6-8-21(28-19)22(26)25-13-16-4-3-9-24-12-16/h3-10,12,15H,11,13-14H2,1-2H3,(H,25,26). The molecule has 0 saturated carbocycles. The fraction of sp³-hybridized carbons (Fsp3) is 0.273. The predicted octanol–water partition coefficient (Wildman–Crippen LogP) is 4.88. The fourth-order valence-corrected chi connectivity index (χ4v) is 2.83. The lowest BCUT2D eigenvalue weighted by Gasteiger charge is -2.13. The molecule has 3 aromatic rings. The zero-order valence-electron chi connectivity index (χ0n) is 15.9. The summed E-state index contributed by atoms with van der Waals surface area (Å²) in [6, 6.07) is 12.7. The lowest BCUT2D eigenvalue weighted by Crippen LogP contribution is -2.22. The van der Waals surface area contributed by atoms with Crippen LogP contribution in [0, 0.1) is 5.92 Å². The minimum absolute atomic E-state index is 0.266. The Kier molecular flexibility index (Phi) is 6.71. The van der Waals surface area contributed by atoms with Gasteiger partial charge in [0.25, 0.3) is 5.91 Å². The Balaban J connectivity index is 1.65. The van der Waals surface area contributed by atoms with Crippen LogP contribution in [0.3, 0.4) is 0 Å². The van der Waals surface area contributed by atoms with Crippen LogP contribution in [0.2, 0.25) is 5.02 Å². The number of pyridine rings is 1. The average molecular weight is 399 g/mol. The summed E-state index contributed by atoms with van der Waals surface area (Å²) in [5.41, 5.74) is 1.85. The van der Waals surface area contributed by atoms with E-state index in [0.29, 0.717) is 36.3 Å². The Morgan fingerprint density at radius 3 is 2.86 bits per heavy atom. The van der Waals surface area contributed by atoms with Gasteiger partial charge in [0.05, 0.1) is 6.61 Å². The number of hydrogen-bond acceptors (Lipinski definition) is 4. The van der Waals surface area contributed by atoms with Gasteiger partial charge in [-0.25, -0.2) is 0 Å². The van der Waals surface area contributed by atoms with E-state index in [2.05, 4.69) is 24.1 Å². The molecular weight excluding hydrogens is 376 g/mol. The van der Waals surface area contributed by atoms with E-state index >= 15 is 0 Å². The van der Waals surface area contributed by atoms with Crippen LogP contribution in [0.15, 0.2) is 59.3 Å². The topological polar surface area (TPSA) is 64.4 Å². The third-order valence-electron chi connectivity index (χ3n) is 4.02. The number of ether oxygens (including phenoxy) is 1. The number of amides is 1. The van der Waals surface area contributed by atoms with Crippen molar-refractivity contribution >= 4 is 17.5 Å². The first-order valence-corrected chi connectivity index (χ1v) is 9.56. The van der Waals surface area contributed by atoms with Crippen molar-refractivity contribution in [3.8, 4) is 5.75 Å². The smallest absolute Gasteiger partial charge is 0.287 e. The molecule has 0 aliphatic carbocycles. The molecule has 0 aliphatic heterocycles. The minimum Gasteiger partial charge on any atom is -0.493 e. The molecule has 146 valence electrons. The van der Waals surface area contributed by atoms with E-state index in [1.807, 2.05) is 24.3 Å². The van der Waals surface area contributed by atoms with Gasteiger partial charge >= 0.3 is 0 Å². The molecule has 0 saturated heterocycles. The highest BCUT2D eigenvalue weighted by atomic mass is 35.5. The molecule has 0 radical (unpaired) electrons. The number of aromatic nitrogens is 1. The number of nitrogens with one attached hydrogen (secondary N) is 1. The van der Waals surface area contributed by atoms with E-state index in [4.69, 9.17) is 20.8 Å². The highest BCUT2D eigenvalue weighted by Gasteiger charge is 2.14. The summed E-state index contributed by atoms with van der Waals surface area (Å²) in [5.74, 6) is 1.87. The lowest BCUT2D eigenvalue weighted by molar-refractivity contribution is 0.0921. The summed E-state index contributed by atoms with van der Waals surface area (Å²) >= 11 is 6.15. The molecule has 3 rings (SSSR count). The van der Waals surface area contributed by atoms with E-state index < -0.39 is 0 Å². The molecule has 0 spiro atoms. The second-order valence-corrected chi connectivity index (χ2v) is 7.38. The van der Waals surface area contributed by atoms with Crippen LogP contribution in [0.25, 0.3) is 0 Å². The molecule has 0 aliphatic rings. The van der Waals surface area contributed by atoms with E-state index in [9.17, 15) is 4.79 Å². The maximum absolute atomic E-state index is 12.3. The molecule has 5 nitrogen and oxygen atoms in total. The predicted molar refractivity (Wildman–Crippen MR) is 109 cm³/mol. The molecule has 0 unspecified atom stereocenters. The molecule has 28 heavy (non-hydrogen) atoms. The molecule has 2 aromatic heterocycles. The summed E-state index contributed by atoms with van der Waals surface area (Å²) in [5, 5.41) is 3.46. The normalized spacial score (nSPS) is 10.9. The molecule has 1 aromatic carbocycles. The van der Waals surface area contributed by atoms with Gasteiger partial charge in [0.1, 0.15) is 11.5 Å². The number of hydrogen-bond donors (Lipinski definition) is 1. The van der Waals surface area contributed by atoms with Crippen molar-refractivity contribution in [3.05, 3.63) is 82.5 Å². The van der Waals surface area contributed by atoms with Crippen molar-refractivity contribution in [2.24, 2.45) is 5.92 Å². The van der Waals surface area contributed by atoms with E-state index in [1.54, 1.807) is 30.6 Å². The number of furan rings is 1. The molecule has 0 bridgehead atoms. The van der Waals surface area contributed by atoms with Gasteiger partial charge < -0.3 is 14.5 Å². The Hall–Kier alpha value is -2.79. The van der Waals surface area contributed by atoms with Crippen LogP contribution in [0.5, 0.6) is 5.75 Å². The van der Waals surface area contributed by atoms with Crippen LogP contribution in [0.1, 0.15) is 41.3 Å². The van der Waals surface area contributed by atoms with Gasteiger partial charge in [-0.1, -0.05) is 31.5 Å². The maximum atomic E-state index is 12.3. The molecular formula is C22H23ClN2O3. The first-order chi connectivity index (χ1) is 13.5. The molecule has 1 N–H and O–H groups in total. The summed E-state index contributed by atoms with van der Waals surface area (Å²) in [6.45, 7) is 5.20. The Bertz CT molecular complexity index is 923. The van der Waals surface area contributed by atoms with Gasteiger partial charge in [0, 0.05) is 35.9 Å². The first kappa shape index (κ1) is 20.0. The van der Waals surface area contributed by atoms with Crippen LogP contribution < -0.4 is 10.1 Å². The van der Waals surface area contributed by atoms with E-state index in [-0.39, 0.29) is 11.7 Å². The van der Waals surface area contributed by atoms with Crippen molar-refractivity contribution < 1.29 is 13.9 Å². The third-order valence-corrected chi connectivity index (χ3v) is 4.26. The Morgan fingerprint density at radius 2 is 2.11 bits per heavy atom. The van der Waals surface area contributed by atoms with Crippen LogP contribution in [-0.2, 0) is 13.0 Å². The number of rotatable bonds is 8. The molecule has 1 amide bonds. The Labute approximate surface area is 169 Å². The van der Waals surface area contributed by atoms with Crippen molar-refractivity contribution in [1.82, 2.24) is 10.3 Å². The zero-order valence-corrected chi connectivity index (χ0v) is 16.7. The van der Waals surface area contributed by atoms with Crippen LogP contribution in [-0.4, -0.2) is 17.5 Å². The van der Waals surface area contributed by atoms with Gasteiger partial charge in [-0.15, -0.1) is 0 Å². The third kappa shape index (κ3) is 5.60. The van der Waals surface area contributed by atoms with Gasteiger partial charge in [0.15, 0.2) is 5.76 Å². The summed E-state index contributed by atoms with van der Waals surface area (Å²) in [7, 11) is 0. The number of carbonyl (C=O) groups is 1. The number of benzene rings is 1. The van der Waals surface area contributed by atoms with Gasteiger partial charge in [-0.2, -0.15) is 0 Å². The SMILES string of the molecule is CC(C)COc1ccc(Cl)cc1Cc1ccc(C(=O)NCc2cccnc2)o1. The largest absolute Gasteiger partial charge is 0.493 e. The maximum Gasteiger partial charge on any atom is 0.287 e. The first-order valence-electron chi connectivity index (χ1n) is 9.18. The molecule has 6 heteroatoms. The quantitative estimate of drug-likeness (QED) is 0.587. The number of nitrogens with zero attached hydrogens (tertiary/aromatic N) is 1. The molecule has 0 fully saturated rings. The Morgan fingerprint density at radius 1 is 1.25 bits per heavy atom. The summed E-state index contributed by atoms with van der Waals surface area (Å²) in [4.78, 5) is 16.3. The lowest BCUT2D eigenvalue weighted by atomic mass is 10.1.